The van der Waals surface area contributed by atoms with E-state index < -0.39 is 6.10 Å². The summed E-state index contributed by atoms with van der Waals surface area (Å²) in [5.41, 5.74) is 4.74. The lowest BCUT2D eigenvalue weighted by atomic mass is 9.95. The number of hydrogen-bond acceptors (Lipinski definition) is 3. The molecule has 3 heteroatoms. The molecular formula is C18H22O3. The van der Waals surface area contributed by atoms with Gasteiger partial charge in [-0.25, -0.2) is 0 Å². The quantitative estimate of drug-likeness (QED) is 0.931. The molecular weight excluding hydrogens is 264 g/mol. The number of aryl methyl sites for hydroxylation is 3. The summed E-state index contributed by atoms with van der Waals surface area (Å²) in [7, 11) is 3.28. The minimum Gasteiger partial charge on any atom is -0.496 e. The highest BCUT2D eigenvalue weighted by atomic mass is 16.5. The average molecular weight is 286 g/mol. The summed E-state index contributed by atoms with van der Waals surface area (Å²) in [4.78, 5) is 0. The second-order valence-electron chi connectivity index (χ2n) is 5.34. The fourth-order valence-electron chi connectivity index (χ4n) is 2.71. The van der Waals surface area contributed by atoms with Crippen molar-refractivity contribution in [2.24, 2.45) is 0 Å². The highest BCUT2D eigenvalue weighted by Gasteiger charge is 2.18. The highest BCUT2D eigenvalue weighted by Crippen LogP contribution is 2.34. The van der Waals surface area contributed by atoms with Crippen LogP contribution in [0.3, 0.4) is 0 Å². The Labute approximate surface area is 126 Å². The summed E-state index contributed by atoms with van der Waals surface area (Å²) in [6.07, 6.45) is -0.719. The van der Waals surface area contributed by atoms with Crippen LogP contribution in [0.2, 0.25) is 0 Å². The van der Waals surface area contributed by atoms with Gasteiger partial charge in [0.15, 0.2) is 0 Å². The van der Waals surface area contributed by atoms with E-state index in [2.05, 4.69) is 0 Å². The van der Waals surface area contributed by atoms with Gasteiger partial charge in [-0.3, -0.25) is 0 Å². The van der Waals surface area contributed by atoms with Crippen molar-refractivity contribution < 1.29 is 14.6 Å². The Hall–Kier alpha value is -2.00. The van der Waals surface area contributed by atoms with Crippen LogP contribution in [-0.4, -0.2) is 19.3 Å². The van der Waals surface area contributed by atoms with Crippen LogP contribution in [0.5, 0.6) is 11.5 Å². The van der Waals surface area contributed by atoms with Gasteiger partial charge < -0.3 is 14.6 Å². The molecule has 0 radical (unpaired) electrons. The Morgan fingerprint density at radius 3 is 2.05 bits per heavy atom. The van der Waals surface area contributed by atoms with Crippen molar-refractivity contribution >= 4 is 0 Å². The van der Waals surface area contributed by atoms with Crippen LogP contribution < -0.4 is 9.47 Å². The number of hydrogen-bond donors (Lipinski definition) is 1. The molecule has 0 amide bonds. The zero-order valence-corrected chi connectivity index (χ0v) is 13.2. The van der Waals surface area contributed by atoms with Gasteiger partial charge in [0.05, 0.1) is 14.2 Å². The number of aliphatic hydroxyl groups is 1. The Morgan fingerprint density at radius 2 is 1.52 bits per heavy atom. The number of methoxy groups -OCH3 is 2. The largest absolute Gasteiger partial charge is 0.496 e. The first-order chi connectivity index (χ1) is 9.97. The standard InChI is InChI=1S/C18H22O3/c1-11-6-7-16(20-4)15(8-11)17(19)14-9-12(2)18(21-5)13(3)10-14/h6-10,17,19H,1-5H3. The molecule has 0 spiro atoms. The topological polar surface area (TPSA) is 38.7 Å². The third-order valence-electron chi connectivity index (χ3n) is 3.68. The summed E-state index contributed by atoms with van der Waals surface area (Å²) in [5, 5.41) is 10.7. The molecule has 0 bridgehead atoms. The normalized spacial score (nSPS) is 12.1. The van der Waals surface area contributed by atoms with Gasteiger partial charge in [-0.1, -0.05) is 11.6 Å². The predicted molar refractivity (Wildman–Crippen MR) is 84.3 cm³/mol. The zero-order chi connectivity index (χ0) is 15.6. The van der Waals surface area contributed by atoms with Crippen LogP contribution in [0.25, 0.3) is 0 Å². The van der Waals surface area contributed by atoms with Crippen molar-refractivity contribution in [1.29, 1.82) is 0 Å². The van der Waals surface area contributed by atoms with E-state index in [-0.39, 0.29) is 0 Å². The van der Waals surface area contributed by atoms with Gasteiger partial charge in [0.2, 0.25) is 0 Å². The molecule has 112 valence electrons. The molecule has 21 heavy (non-hydrogen) atoms. The smallest absolute Gasteiger partial charge is 0.125 e. The molecule has 0 saturated carbocycles. The molecule has 3 nitrogen and oxygen atoms in total. The number of rotatable bonds is 4. The Balaban J connectivity index is 2.50. The van der Waals surface area contributed by atoms with Gasteiger partial charge in [-0.15, -0.1) is 0 Å². The SMILES string of the molecule is COc1ccc(C)cc1C(O)c1cc(C)c(OC)c(C)c1. The minimum absolute atomic E-state index is 0.694. The summed E-state index contributed by atoms with van der Waals surface area (Å²) in [6, 6.07) is 9.73. The first-order valence-electron chi connectivity index (χ1n) is 6.95. The molecule has 0 aliphatic heterocycles. The van der Waals surface area contributed by atoms with Gasteiger partial charge in [-0.2, -0.15) is 0 Å². The molecule has 2 aromatic carbocycles. The summed E-state index contributed by atoms with van der Waals surface area (Å²) in [6.45, 7) is 5.96. The van der Waals surface area contributed by atoms with Crippen molar-refractivity contribution in [3.63, 3.8) is 0 Å². The second kappa shape index (κ2) is 6.19. The highest BCUT2D eigenvalue weighted by molar-refractivity contribution is 5.48. The molecule has 0 aliphatic rings. The van der Waals surface area contributed by atoms with Crippen LogP contribution in [0.4, 0.5) is 0 Å². The summed E-state index contributed by atoms with van der Waals surface area (Å²) < 4.78 is 10.7. The molecule has 0 saturated heterocycles. The van der Waals surface area contributed by atoms with Crippen molar-refractivity contribution in [3.8, 4) is 11.5 Å². The zero-order valence-electron chi connectivity index (χ0n) is 13.2. The molecule has 2 aromatic rings. The molecule has 0 aliphatic carbocycles. The molecule has 0 aromatic heterocycles. The summed E-state index contributed by atoms with van der Waals surface area (Å²) >= 11 is 0. The van der Waals surface area contributed by atoms with Crippen LogP contribution >= 0.6 is 0 Å². The maximum Gasteiger partial charge on any atom is 0.125 e. The predicted octanol–water partition coefficient (Wildman–Crippen LogP) is 3.71. The maximum absolute atomic E-state index is 10.7. The first kappa shape index (κ1) is 15.4. The lowest BCUT2D eigenvalue weighted by molar-refractivity contribution is 0.214. The molecule has 2 rings (SSSR count). The van der Waals surface area contributed by atoms with Crippen molar-refractivity contribution in [3.05, 3.63) is 58.1 Å². The van der Waals surface area contributed by atoms with E-state index in [4.69, 9.17) is 9.47 Å². The third-order valence-corrected chi connectivity index (χ3v) is 3.68. The van der Waals surface area contributed by atoms with Crippen LogP contribution in [0.1, 0.15) is 33.9 Å². The van der Waals surface area contributed by atoms with Crippen LogP contribution in [0.15, 0.2) is 30.3 Å². The van der Waals surface area contributed by atoms with Crippen molar-refractivity contribution in [2.75, 3.05) is 14.2 Å². The van der Waals surface area contributed by atoms with Gasteiger partial charge in [0.1, 0.15) is 17.6 Å². The minimum atomic E-state index is -0.719. The average Bonchev–Trinajstić information content (AvgIpc) is 2.46. The number of aliphatic hydroxyl groups excluding tert-OH is 1. The molecule has 0 fully saturated rings. The van der Waals surface area contributed by atoms with Crippen LogP contribution in [-0.2, 0) is 0 Å². The van der Waals surface area contributed by atoms with Crippen molar-refractivity contribution in [1.82, 2.24) is 0 Å². The van der Waals surface area contributed by atoms with E-state index in [1.807, 2.05) is 51.1 Å². The Kier molecular flexibility index (Phi) is 4.53. The van der Waals surface area contributed by atoms with Gasteiger partial charge in [-0.05, 0) is 61.7 Å². The van der Waals surface area contributed by atoms with E-state index in [1.165, 1.54) is 0 Å². The fourth-order valence-corrected chi connectivity index (χ4v) is 2.71. The van der Waals surface area contributed by atoms with E-state index >= 15 is 0 Å². The summed E-state index contributed by atoms with van der Waals surface area (Å²) in [5.74, 6) is 1.56. The van der Waals surface area contributed by atoms with E-state index in [1.54, 1.807) is 14.2 Å². The van der Waals surface area contributed by atoms with Gasteiger partial charge in [0, 0.05) is 5.56 Å². The van der Waals surface area contributed by atoms with E-state index in [9.17, 15) is 5.11 Å². The molecule has 1 N–H and O–H groups in total. The third kappa shape index (κ3) is 3.03. The maximum atomic E-state index is 10.7. The molecule has 0 heterocycles. The van der Waals surface area contributed by atoms with Crippen molar-refractivity contribution in [2.45, 2.75) is 26.9 Å². The van der Waals surface area contributed by atoms with Crippen LogP contribution in [0, 0.1) is 20.8 Å². The molecule has 1 unspecified atom stereocenters. The Bertz CT molecular complexity index is 624. The fraction of sp³-hybridized carbons (Fsp3) is 0.333. The lowest BCUT2D eigenvalue weighted by Crippen LogP contribution is -2.04. The second-order valence-corrected chi connectivity index (χ2v) is 5.34. The number of ether oxygens (including phenoxy) is 2. The van der Waals surface area contributed by atoms with E-state index in [0.29, 0.717) is 5.75 Å². The van der Waals surface area contributed by atoms with E-state index in [0.717, 1.165) is 33.6 Å². The Morgan fingerprint density at radius 1 is 0.905 bits per heavy atom. The monoisotopic (exact) mass is 286 g/mol. The van der Waals surface area contributed by atoms with Gasteiger partial charge in [0.25, 0.3) is 0 Å². The number of benzene rings is 2. The lowest BCUT2D eigenvalue weighted by Gasteiger charge is -2.18. The van der Waals surface area contributed by atoms with Gasteiger partial charge >= 0.3 is 0 Å². The molecule has 1 atom stereocenters. The first-order valence-corrected chi connectivity index (χ1v) is 6.95.